The lowest BCUT2D eigenvalue weighted by molar-refractivity contribution is -0.118. The molecule has 0 bridgehead atoms. The van der Waals surface area contributed by atoms with Crippen LogP contribution in [0.5, 0.6) is 17.2 Å². The summed E-state index contributed by atoms with van der Waals surface area (Å²) < 4.78 is 16.3. The first-order valence-electron chi connectivity index (χ1n) is 7.69. The van der Waals surface area contributed by atoms with Crippen LogP contribution in [-0.2, 0) is 11.4 Å². The first-order chi connectivity index (χ1) is 11.7. The number of fused-ring (bicyclic) bond motifs is 1. The molecule has 24 heavy (non-hydrogen) atoms. The number of hydrogen-bond donors (Lipinski definition) is 2. The number of ether oxygens (including phenoxy) is 3. The molecule has 2 N–H and O–H groups in total. The molecule has 1 aliphatic rings. The standard InChI is InChI=1S/C17H18N2O5/c1-2-5-22-16-8-18-11(6-14(16)20)9-23-12-3-4-15-13(7-12)19-17(21)10-24-15/h3-4,6-8H,2,5,9-10H2,1H3,(H,18,20)(H,19,21). The number of benzene rings is 1. The van der Waals surface area contributed by atoms with Gasteiger partial charge in [-0.3, -0.25) is 9.59 Å². The normalized spacial score (nSPS) is 12.8. The summed E-state index contributed by atoms with van der Waals surface area (Å²) in [5.74, 6) is 1.26. The van der Waals surface area contributed by atoms with E-state index in [1.54, 1.807) is 18.2 Å². The van der Waals surface area contributed by atoms with E-state index < -0.39 is 0 Å². The van der Waals surface area contributed by atoms with Crippen molar-refractivity contribution in [3.63, 3.8) is 0 Å². The number of carbonyl (C=O) groups excluding carboxylic acids is 1. The van der Waals surface area contributed by atoms with Crippen molar-refractivity contribution in [2.45, 2.75) is 20.0 Å². The Morgan fingerprint density at radius 3 is 2.88 bits per heavy atom. The molecule has 1 aromatic heterocycles. The Morgan fingerprint density at radius 1 is 1.21 bits per heavy atom. The molecule has 0 fully saturated rings. The fourth-order valence-electron chi connectivity index (χ4n) is 2.22. The van der Waals surface area contributed by atoms with Gasteiger partial charge in [-0.05, 0) is 18.6 Å². The fourth-order valence-corrected chi connectivity index (χ4v) is 2.22. The Kier molecular flexibility index (Phi) is 4.69. The van der Waals surface area contributed by atoms with E-state index in [1.807, 2.05) is 6.92 Å². The van der Waals surface area contributed by atoms with Crippen LogP contribution < -0.4 is 25.0 Å². The van der Waals surface area contributed by atoms with Crippen LogP contribution >= 0.6 is 0 Å². The van der Waals surface area contributed by atoms with E-state index in [1.165, 1.54) is 12.3 Å². The van der Waals surface area contributed by atoms with Crippen molar-refractivity contribution in [3.8, 4) is 17.2 Å². The van der Waals surface area contributed by atoms with Crippen molar-refractivity contribution in [1.82, 2.24) is 4.98 Å². The van der Waals surface area contributed by atoms with Gasteiger partial charge in [-0.15, -0.1) is 0 Å². The minimum absolute atomic E-state index is 0.0148. The Bertz CT molecular complexity index is 800. The van der Waals surface area contributed by atoms with E-state index in [4.69, 9.17) is 14.2 Å². The second-order valence-electron chi connectivity index (χ2n) is 5.32. The van der Waals surface area contributed by atoms with Crippen LogP contribution in [0.25, 0.3) is 0 Å². The van der Waals surface area contributed by atoms with Crippen molar-refractivity contribution in [2.75, 3.05) is 18.5 Å². The third-order valence-corrected chi connectivity index (χ3v) is 3.38. The molecule has 1 aromatic carbocycles. The summed E-state index contributed by atoms with van der Waals surface area (Å²) in [5, 5.41) is 2.72. The summed E-state index contributed by atoms with van der Waals surface area (Å²) in [6, 6.07) is 6.61. The van der Waals surface area contributed by atoms with Gasteiger partial charge in [-0.25, -0.2) is 0 Å². The molecule has 0 atom stereocenters. The highest BCUT2D eigenvalue weighted by molar-refractivity contribution is 5.95. The van der Waals surface area contributed by atoms with Gasteiger partial charge in [0.1, 0.15) is 18.1 Å². The number of hydrogen-bond acceptors (Lipinski definition) is 5. The molecule has 0 unspecified atom stereocenters. The molecular formula is C17H18N2O5. The van der Waals surface area contributed by atoms with Gasteiger partial charge in [-0.1, -0.05) is 6.92 Å². The Labute approximate surface area is 138 Å². The molecule has 0 radical (unpaired) electrons. The number of aromatic amines is 1. The van der Waals surface area contributed by atoms with Crippen molar-refractivity contribution in [2.24, 2.45) is 0 Å². The maximum Gasteiger partial charge on any atom is 0.262 e. The van der Waals surface area contributed by atoms with Crippen molar-refractivity contribution < 1.29 is 19.0 Å². The maximum absolute atomic E-state index is 11.9. The number of rotatable bonds is 6. The monoisotopic (exact) mass is 330 g/mol. The summed E-state index contributed by atoms with van der Waals surface area (Å²) >= 11 is 0. The van der Waals surface area contributed by atoms with Crippen molar-refractivity contribution in [3.05, 3.63) is 46.4 Å². The molecule has 2 heterocycles. The second-order valence-corrected chi connectivity index (χ2v) is 5.32. The van der Waals surface area contributed by atoms with E-state index in [2.05, 4.69) is 10.3 Å². The van der Waals surface area contributed by atoms with Gasteiger partial charge in [0.25, 0.3) is 5.91 Å². The lowest BCUT2D eigenvalue weighted by atomic mass is 10.2. The lowest BCUT2D eigenvalue weighted by Crippen LogP contribution is -2.25. The minimum atomic E-state index is -0.202. The summed E-state index contributed by atoms with van der Waals surface area (Å²) in [6.07, 6.45) is 2.38. The minimum Gasteiger partial charge on any atom is -0.488 e. The number of aromatic nitrogens is 1. The largest absolute Gasteiger partial charge is 0.488 e. The zero-order chi connectivity index (χ0) is 16.9. The summed E-state index contributed by atoms with van der Waals surface area (Å²) in [4.78, 5) is 26.2. The van der Waals surface area contributed by atoms with Crippen molar-refractivity contribution >= 4 is 11.6 Å². The molecule has 1 amide bonds. The van der Waals surface area contributed by atoms with Gasteiger partial charge in [-0.2, -0.15) is 0 Å². The Hall–Kier alpha value is -2.96. The molecule has 126 valence electrons. The number of nitrogens with one attached hydrogen (secondary N) is 2. The van der Waals surface area contributed by atoms with Crippen LogP contribution in [0.4, 0.5) is 5.69 Å². The van der Waals surface area contributed by atoms with E-state index in [0.29, 0.717) is 35.2 Å². The van der Waals surface area contributed by atoms with Gasteiger partial charge >= 0.3 is 0 Å². The van der Waals surface area contributed by atoms with E-state index in [9.17, 15) is 9.59 Å². The third kappa shape index (κ3) is 3.68. The molecule has 1 aliphatic heterocycles. The van der Waals surface area contributed by atoms with Crippen LogP contribution in [0, 0.1) is 0 Å². The molecule has 0 spiro atoms. The predicted octanol–water partition coefficient (Wildman–Crippen LogP) is 2.07. The van der Waals surface area contributed by atoms with Crippen molar-refractivity contribution in [1.29, 1.82) is 0 Å². The zero-order valence-corrected chi connectivity index (χ0v) is 13.3. The van der Waals surface area contributed by atoms with Gasteiger partial charge in [0.05, 0.1) is 18.0 Å². The van der Waals surface area contributed by atoms with E-state index in [-0.39, 0.29) is 24.5 Å². The number of amides is 1. The smallest absolute Gasteiger partial charge is 0.262 e. The number of anilines is 1. The summed E-state index contributed by atoms with van der Waals surface area (Å²) in [5.41, 5.74) is 1.01. The highest BCUT2D eigenvalue weighted by atomic mass is 16.5. The van der Waals surface area contributed by atoms with Crippen LogP contribution in [-0.4, -0.2) is 24.1 Å². The molecule has 7 heteroatoms. The van der Waals surface area contributed by atoms with Gasteiger partial charge in [0.15, 0.2) is 12.4 Å². The van der Waals surface area contributed by atoms with Crippen LogP contribution in [0.15, 0.2) is 35.3 Å². The zero-order valence-electron chi connectivity index (χ0n) is 13.3. The average molecular weight is 330 g/mol. The van der Waals surface area contributed by atoms with Gasteiger partial charge < -0.3 is 24.5 Å². The lowest BCUT2D eigenvalue weighted by Gasteiger charge is -2.18. The summed E-state index contributed by atoms with van der Waals surface area (Å²) in [6.45, 7) is 2.68. The quantitative estimate of drug-likeness (QED) is 0.846. The number of H-pyrrole nitrogens is 1. The molecule has 3 rings (SSSR count). The summed E-state index contributed by atoms with van der Waals surface area (Å²) in [7, 11) is 0. The first kappa shape index (κ1) is 15.9. The van der Waals surface area contributed by atoms with Gasteiger partial charge in [0, 0.05) is 18.3 Å². The maximum atomic E-state index is 11.9. The number of pyridine rings is 1. The molecule has 0 saturated heterocycles. The fraction of sp³-hybridized carbons (Fsp3) is 0.294. The van der Waals surface area contributed by atoms with Gasteiger partial charge in [0.2, 0.25) is 5.43 Å². The first-order valence-corrected chi connectivity index (χ1v) is 7.69. The van der Waals surface area contributed by atoms with Crippen LogP contribution in [0.2, 0.25) is 0 Å². The topological polar surface area (TPSA) is 89.7 Å². The third-order valence-electron chi connectivity index (χ3n) is 3.38. The predicted molar refractivity (Wildman–Crippen MR) is 87.7 cm³/mol. The van der Waals surface area contributed by atoms with E-state index in [0.717, 1.165) is 6.42 Å². The number of carbonyl (C=O) groups is 1. The highest BCUT2D eigenvalue weighted by Gasteiger charge is 2.16. The Balaban J connectivity index is 1.65. The molecule has 7 nitrogen and oxygen atoms in total. The Morgan fingerprint density at radius 2 is 2.08 bits per heavy atom. The molecule has 2 aromatic rings. The molecule has 0 aliphatic carbocycles. The molecule has 0 saturated carbocycles. The van der Waals surface area contributed by atoms with Crippen LogP contribution in [0.1, 0.15) is 19.0 Å². The second kappa shape index (κ2) is 7.08. The molecular weight excluding hydrogens is 312 g/mol. The van der Waals surface area contributed by atoms with Crippen LogP contribution in [0.3, 0.4) is 0 Å². The SMILES string of the molecule is CCCOc1c[nH]c(COc2ccc3c(c2)NC(=O)CO3)cc1=O. The van der Waals surface area contributed by atoms with E-state index >= 15 is 0 Å². The average Bonchev–Trinajstić information content (AvgIpc) is 2.58. The highest BCUT2D eigenvalue weighted by Crippen LogP contribution is 2.31.